The van der Waals surface area contributed by atoms with Crippen molar-refractivity contribution in [3.05, 3.63) is 30.1 Å². The van der Waals surface area contributed by atoms with Gasteiger partial charge in [-0.25, -0.2) is 9.78 Å². The van der Waals surface area contributed by atoms with E-state index in [1.54, 1.807) is 7.11 Å². The SMILES string of the molecule is COCCN1C(=O)N[C@@H]2CN(Cc3nc4ccccc4n3C)CC[C@@H]21. The van der Waals surface area contributed by atoms with E-state index in [4.69, 9.17) is 9.72 Å². The standard InChI is InChI=1S/C18H25N5O2/c1-21-15-6-4-3-5-13(15)19-17(21)12-22-8-7-16-14(11-22)20-18(24)23(16)9-10-25-2/h3-6,14,16H,7-12H2,1-2H3,(H,20,24)/t14-,16+/m1/s1. The van der Waals surface area contributed by atoms with Crippen molar-refractivity contribution in [3.8, 4) is 0 Å². The van der Waals surface area contributed by atoms with Crippen LogP contribution in [0.5, 0.6) is 0 Å². The van der Waals surface area contributed by atoms with Crippen LogP contribution in [0.15, 0.2) is 24.3 Å². The first-order chi connectivity index (χ1) is 12.2. The molecule has 2 amide bonds. The first-order valence-corrected chi connectivity index (χ1v) is 8.86. The number of nitrogens with one attached hydrogen (secondary N) is 1. The topological polar surface area (TPSA) is 62.6 Å². The Morgan fingerprint density at radius 3 is 3.00 bits per heavy atom. The maximum absolute atomic E-state index is 12.2. The molecule has 25 heavy (non-hydrogen) atoms. The van der Waals surface area contributed by atoms with Crippen molar-refractivity contribution in [2.24, 2.45) is 7.05 Å². The van der Waals surface area contributed by atoms with Crippen LogP contribution in [0.25, 0.3) is 11.0 Å². The molecule has 0 radical (unpaired) electrons. The number of likely N-dealkylation sites (tertiary alicyclic amines) is 1. The Kier molecular flexibility index (Phi) is 4.35. The van der Waals surface area contributed by atoms with Crippen LogP contribution < -0.4 is 5.32 Å². The second kappa shape index (κ2) is 6.65. The molecule has 1 N–H and O–H groups in total. The van der Waals surface area contributed by atoms with Crippen LogP contribution in [0.1, 0.15) is 12.2 Å². The highest BCUT2D eigenvalue weighted by Crippen LogP contribution is 2.24. The molecule has 2 aromatic rings. The summed E-state index contributed by atoms with van der Waals surface area (Å²) in [6.07, 6.45) is 0.983. The van der Waals surface area contributed by atoms with Crippen molar-refractivity contribution >= 4 is 17.1 Å². The summed E-state index contributed by atoms with van der Waals surface area (Å²) in [7, 11) is 3.74. The van der Waals surface area contributed by atoms with Gasteiger partial charge in [0.15, 0.2) is 0 Å². The summed E-state index contributed by atoms with van der Waals surface area (Å²) in [4.78, 5) is 21.3. The molecular weight excluding hydrogens is 318 g/mol. The van der Waals surface area contributed by atoms with Crippen LogP contribution in [-0.4, -0.2) is 70.8 Å². The molecule has 2 aliphatic heterocycles. The first-order valence-electron chi connectivity index (χ1n) is 8.86. The van der Waals surface area contributed by atoms with E-state index in [1.807, 2.05) is 17.0 Å². The molecule has 2 fully saturated rings. The molecule has 2 atom stereocenters. The molecule has 0 saturated carbocycles. The van der Waals surface area contributed by atoms with Crippen molar-refractivity contribution < 1.29 is 9.53 Å². The minimum absolute atomic E-state index is 0.0385. The van der Waals surface area contributed by atoms with Gasteiger partial charge in [-0.1, -0.05) is 12.1 Å². The lowest BCUT2D eigenvalue weighted by Gasteiger charge is -2.36. The molecule has 7 heteroatoms. The van der Waals surface area contributed by atoms with Gasteiger partial charge in [-0.3, -0.25) is 4.90 Å². The van der Waals surface area contributed by atoms with Gasteiger partial charge in [-0.2, -0.15) is 0 Å². The number of para-hydroxylation sites is 2. The zero-order valence-corrected chi connectivity index (χ0v) is 14.8. The van der Waals surface area contributed by atoms with Gasteiger partial charge in [0.25, 0.3) is 0 Å². The van der Waals surface area contributed by atoms with Crippen molar-refractivity contribution in [2.45, 2.75) is 25.0 Å². The molecule has 3 heterocycles. The second-order valence-electron chi connectivity index (χ2n) is 6.91. The number of benzene rings is 1. The predicted molar refractivity (Wildman–Crippen MR) is 95.3 cm³/mol. The van der Waals surface area contributed by atoms with Crippen molar-refractivity contribution in [3.63, 3.8) is 0 Å². The monoisotopic (exact) mass is 343 g/mol. The number of nitrogens with zero attached hydrogens (tertiary/aromatic N) is 4. The van der Waals surface area contributed by atoms with Gasteiger partial charge < -0.3 is 19.5 Å². The average molecular weight is 343 g/mol. The predicted octanol–water partition coefficient (Wildman–Crippen LogP) is 1.19. The normalized spacial score (nSPS) is 23.9. The molecule has 0 aliphatic carbocycles. The summed E-state index contributed by atoms with van der Waals surface area (Å²) in [5.41, 5.74) is 2.20. The smallest absolute Gasteiger partial charge is 0.318 e. The number of piperidine rings is 1. The average Bonchev–Trinajstić information content (AvgIpc) is 3.10. The molecule has 2 saturated heterocycles. The number of carbonyl (C=O) groups is 1. The summed E-state index contributed by atoms with van der Waals surface area (Å²) in [6.45, 7) is 3.89. The van der Waals surface area contributed by atoms with Crippen LogP contribution >= 0.6 is 0 Å². The van der Waals surface area contributed by atoms with Gasteiger partial charge in [0, 0.05) is 33.8 Å². The maximum Gasteiger partial charge on any atom is 0.318 e. The highest BCUT2D eigenvalue weighted by Gasteiger charge is 2.42. The van der Waals surface area contributed by atoms with E-state index in [-0.39, 0.29) is 18.1 Å². The summed E-state index contributed by atoms with van der Waals surface area (Å²) < 4.78 is 7.30. The number of ether oxygens (including phenoxy) is 1. The molecule has 0 unspecified atom stereocenters. The summed E-state index contributed by atoms with van der Waals surface area (Å²) in [6, 6.07) is 8.72. The second-order valence-corrected chi connectivity index (χ2v) is 6.91. The molecule has 0 bridgehead atoms. The highest BCUT2D eigenvalue weighted by atomic mass is 16.5. The van der Waals surface area contributed by atoms with Crippen LogP contribution in [0, 0.1) is 0 Å². The minimum atomic E-state index is 0.0385. The van der Waals surface area contributed by atoms with Crippen LogP contribution in [0.3, 0.4) is 0 Å². The van der Waals surface area contributed by atoms with E-state index in [9.17, 15) is 4.79 Å². The molecule has 134 valence electrons. The Balaban J connectivity index is 1.44. The number of aromatic nitrogens is 2. The van der Waals surface area contributed by atoms with Gasteiger partial charge in [0.2, 0.25) is 0 Å². The number of rotatable bonds is 5. The Morgan fingerprint density at radius 1 is 1.36 bits per heavy atom. The van der Waals surface area contributed by atoms with Gasteiger partial charge in [0.05, 0.1) is 36.3 Å². The number of fused-ring (bicyclic) bond motifs is 2. The van der Waals surface area contributed by atoms with Crippen molar-refractivity contribution in [2.75, 3.05) is 33.4 Å². The Bertz CT molecular complexity index is 774. The number of urea groups is 1. The lowest BCUT2D eigenvalue weighted by atomic mass is 10.00. The van der Waals surface area contributed by atoms with Gasteiger partial charge >= 0.3 is 6.03 Å². The number of imidazole rings is 1. The number of amides is 2. The number of methoxy groups -OCH3 is 1. The van der Waals surface area contributed by atoms with Crippen LogP contribution in [-0.2, 0) is 18.3 Å². The van der Waals surface area contributed by atoms with E-state index >= 15 is 0 Å². The van der Waals surface area contributed by atoms with Gasteiger partial charge in [-0.15, -0.1) is 0 Å². The Morgan fingerprint density at radius 2 is 2.20 bits per heavy atom. The molecule has 1 aromatic heterocycles. The fraction of sp³-hybridized carbons (Fsp3) is 0.556. The van der Waals surface area contributed by atoms with E-state index in [0.29, 0.717) is 13.2 Å². The van der Waals surface area contributed by atoms with E-state index < -0.39 is 0 Å². The largest absolute Gasteiger partial charge is 0.383 e. The zero-order chi connectivity index (χ0) is 17.4. The fourth-order valence-corrected chi connectivity index (χ4v) is 4.05. The molecule has 4 rings (SSSR count). The minimum Gasteiger partial charge on any atom is -0.383 e. The highest BCUT2D eigenvalue weighted by molar-refractivity contribution is 5.78. The molecule has 1 aromatic carbocycles. The molecule has 2 aliphatic rings. The molecular formula is C18H25N5O2. The third-order valence-electron chi connectivity index (χ3n) is 5.41. The number of carbonyl (C=O) groups excluding carboxylic acids is 1. The third-order valence-corrected chi connectivity index (χ3v) is 5.41. The number of aryl methyl sites for hydroxylation is 1. The van der Waals surface area contributed by atoms with Crippen molar-refractivity contribution in [1.29, 1.82) is 0 Å². The maximum atomic E-state index is 12.2. The summed E-state index contributed by atoms with van der Waals surface area (Å²) in [5.74, 6) is 1.07. The van der Waals surface area contributed by atoms with Crippen LogP contribution in [0.2, 0.25) is 0 Å². The Labute approximate surface area is 147 Å². The first kappa shape index (κ1) is 16.4. The van der Waals surface area contributed by atoms with E-state index in [2.05, 4.69) is 34.0 Å². The van der Waals surface area contributed by atoms with Crippen molar-refractivity contribution in [1.82, 2.24) is 24.7 Å². The number of hydrogen-bond donors (Lipinski definition) is 1. The van der Waals surface area contributed by atoms with Gasteiger partial charge in [0.1, 0.15) is 5.82 Å². The van der Waals surface area contributed by atoms with Crippen LogP contribution in [0.4, 0.5) is 4.79 Å². The molecule has 0 spiro atoms. The fourth-order valence-electron chi connectivity index (χ4n) is 4.05. The summed E-state index contributed by atoms with van der Waals surface area (Å²) in [5, 5.41) is 3.13. The summed E-state index contributed by atoms with van der Waals surface area (Å²) >= 11 is 0. The molecule has 7 nitrogen and oxygen atoms in total. The lowest BCUT2D eigenvalue weighted by Crippen LogP contribution is -2.51. The van der Waals surface area contributed by atoms with E-state index in [0.717, 1.165) is 42.9 Å². The number of hydrogen-bond acceptors (Lipinski definition) is 4. The van der Waals surface area contributed by atoms with E-state index in [1.165, 1.54) is 0 Å². The third kappa shape index (κ3) is 2.98. The van der Waals surface area contributed by atoms with Gasteiger partial charge in [-0.05, 0) is 18.6 Å². The quantitative estimate of drug-likeness (QED) is 0.886. The lowest BCUT2D eigenvalue weighted by molar-refractivity contribution is 0.109. The Hall–Kier alpha value is -2.12. The zero-order valence-electron chi connectivity index (χ0n) is 14.8.